The summed E-state index contributed by atoms with van der Waals surface area (Å²) in [7, 11) is 0. The summed E-state index contributed by atoms with van der Waals surface area (Å²) in [5.41, 5.74) is 0. The van der Waals surface area contributed by atoms with Crippen LogP contribution < -0.4 is 0 Å². The molecule has 4 nitrogen and oxygen atoms in total. The molecule has 2 rings (SSSR count). The molecule has 1 saturated heterocycles. The molecule has 2 aliphatic rings. The molecule has 2 N–H and O–H groups in total. The molecule has 0 unspecified atom stereocenters. The van der Waals surface area contributed by atoms with Crippen LogP contribution in [0.5, 0.6) is 0 Å². The van der Waals surface area contributed by atoms with Crippen molar-refractivity contribution in [2.45, 2.75) is 0 Å². The van der Waals surface area contributed by atoms with Crippen molar-refractivity contribution in [2.24, 2.45) is 17.8 Å². The second-order valence-corrected chi connectivity index (χ2v) is 3.36. The minimum Gasteiger partial charge on any atom is -0.465 e. The van der Waals surface area contributed by atoms with Crippen LogP contribution in [0.25, 0.3) is 0 Å². The second-order valence-electron chi connectivity index (χ2n) is 3.36. The summed E-state index contributed by atoms with van der Waals surface area (Å²) in [6.07, 6.45) is -0.825. The number of rotatable bonds is 1. The lowest BCUT2D eigenvalue weighted by molar-refractivity contribution is 0.144. The topological polar surface area (TPSA) is 60.8 Å². The number of aliphatic hydroxyl groups is 1. The van der Waals surface area contributed by atoms with Crippen molar-refractivity contribution in [3.05, 3.63) is 0 Å². The van der Waals surface area contributed by atoms with Gasteiger partial charge in [0.05, 0.1) is 0 Å². The van der Waals surface area contributed by atoms with Gasteiger partial charge < -0.3 is 15.1 Å². The summed E-state index contributed by atoms with van der Waals surface area (Å²) in [5.74, 6) is 1.30. The maximum Gasteiger partial charge on any atom is 0.407 e. The van der Waals surface area contributed by atoms with Crippen molar-refractivity contribution in [1.82, 2.24) is 4.90 Å². The van der Waals surface area contributed by atoms with Crippen LogP contribution in [-0.2, 0) is 0 Å². The summed E-state index contributed by atoms with van der Waals surface area (Å²) in [5, 5.41) is 17.3. The molecule has 0 spiro atoms. The van der Waals surface area contributed by atoms with Gasteiger partial charge >= 0.3 is 6.09 Å². The largest absolute Gasteiger partial charge is 0.465 e. The quantitative estimate of drug-likeness (QED) is 0.555. The molecule has 2 fully saturated rings. The van der Waals surface area contributed by atoms with Crippen molar-refractivity contribution in [2.75, 3.05) is 19.7 Å². The highest BCUT2D eigenvalue weighted by molar-refractivity contribution is 5.65. The Bertz CT molecular complexity index is 182. The Morgan fingerprint density at radius 2 is 2.00 bits per heavy atom. The Morgan fingerprint density at radius 1 is 1.45 bits per heavy atom. The highest BCUT2D eigenvalue weighted by Gasteiger charge is 2.56. The Labute approximate surface area is 64.4 Å². The highest BCUT2D eigenvalue weighted by atomic mass is 16.4. The molecular formula is C7H11NO3. The minimum atomic E-state index is -0.825. The van der Waals surface area contributed by atoms with E-state index in [1.54, 1.807) is 0 Å². The van der Waals surface area contributed by atoms with Crippen LogP contribution in [0, 0.1) is 17.8 Å². The van der Waals surface area contributed by atoms with E-state index >= 15 is 0 Å². The summed E-state index contributed by atoms with van der Waals surface area (Å²) in [6.45, 7) is 1.49. The summed E-state index contributed by atoms with van der Waals surface area (Å²) >= 11 is 0. The third-order valence-corrected chi connectivity index (χ3v) is 2.85. The molecule has 0 radical (unpaired) electrons. The third kappa shape index (κ3) is 0.894. The van der Waals surface area contributed by atoms with Gasteiger partial charge in [-0.25, -0.2) is 4.79 Å². The zero-order valence-corrected chi connectivity index (χ0v) is 6.10. The van der Waals surface area contributed by atoms with E-state index in [4.69, 9.17) is 10.2 Å². The van der Waals surface area contributed by atoms with Gasteiger partial charge in [0.2, 0.25) is 0 Å². The van der Waals surface area contributed by atoms with Gasteiger partial charge in [-0.05, 0) is 17.8 Å². The van der Waals surface area contributed by atoms with Crippen LogP contribution >= 0.6 is 0 Å². The van der Waals surface area contributed by atoms with Crippen molar-refractivity contribution in [3.63, 3.8) is 0 Å². The summed E-state index contributed by atoms with van der Waals surface area (Å²) in [6, 6.07) is 0. The number of carbonyl (C=O) groups is 1. The molecule has 1 heterocycles. The van der Waals surface area contributed by atoms with Gasteiger partial charge in [0.15, 0.2) is 0 Å². The van der Waals surface area contributed by atoms with E-state index < -0.39 is 6.09 Å². The molecule has 1 saturated carbocycles. The fourth-order valence-electron chi connectivity index (χ4n) is 2.08. The van der Waals surface area contributed by atoms with Crippen LogP contribution in [0.1, 0.15) is 0 Å². The van der Waals surface area contributed by atoms with Crippen LogP contribution in [0.3, 0.4) is 0 Å². The lowest BCUT2D eigenvalue weighted by Crippen LogP contribution is -2.30. The first kappa shape index (κ1) is 6.91. The van der Waals surface area contributed by atoms with Gasteiger partial charge in [-0.2, -0.15) is 0 Å². The fourth-order valence-corrected chi connectivity index (χ4v) is 2.08. The molecule has 1 aliphatic heterocycles. The molecule has 1 amide bonds. The van der Waals surface area contributed by atoms with Gasteiger partial charge in [-0.3, -0.25) is 0 Å². The zero-order valence-electron chi connectivity index (χ0n) is 6.10. The number of amides is 1. The number of carboxylic acid groups (broad SMARTS) is 1. The van der Waals surface area contributed by atoms with Crippen LogP contribution in [0.15, 0.2) is 0 Å². The van der Waals surface area contributed by atoms with E-state index in [0.717, 1.165) is 0 Å². The second kappa shape index (κ2) is 2.11. The number of fused-ring (bicyclic) bond motifs is 1. The maximum absolute atomic E-state index is 10.4. The average Bonchev–Trinajstić information content (AvgIpc) is 2.41. The van der Waals surface area contributed by atoms with Crippen molar-refractivity contribution < 1.29 is 15.0 Å². The monoisotopic (exact) mass is 157 g/mol. The molecule has 1 aliphatic carbocycles. The number of aliphatic hydroxyl groups excluding tert-OH is 1. The first-order valence-corrected chi connectivity index (χ1v) is 3.82. The average molecular weight is 157 g/mol. The number of hydrogen-bond acceptors (Lipinski definition) is 2. The maximum atomic E-state index is 10.4. The molecule has 0 aromatic rings. The Morgan fingerprint density at radius 3 is 2.36 bits per heavy atom. The Kier molecular flexibility index (Phi) is 1.32. The Hall–Kier alpha value is -0.770. The van der Waals surface area contributed by atoms with Crippen molar-refractivity contribution in [1.29, 1.82) is 0 Å². The van der Waals surface area contributed by atoms with Crippen molar-refractivity contribution in [3.8, 4) is 0 Å². The molecular weight excluding hydrogens is 146 g/mol. The van der Waals surface area contributed by atoms with Crippen molar-refractivity contribution >= 4 is 6.09 Å². The van der Waals surface area contributed by atoms with E-state index in [-0.39, 0.29) is 6.61 Å². The van der Waals surface area contributed by atoms with E-state index in [9.17, 15) is 4.79 Å². The predicted molar refractivity (Wildman–Crippen MR) is 37.2 cm³/mol. The number of hydrogen-bond donors (Lipinski definition) is 2. The van der Waals surface area contributed by atoms with E-state index in [0.29, 0.717) is 30.8 Å². The SMILES string of the molecule is O=C(O)N1C[C@@H]2[C@@H](CO)[C@@H]2C1. The first-order chi connectivity index (χ1) is 5.24. The lowest BCUT2D eigenvalue weighted by Gasteiger charge is -2.14. The normalized spacial score (nSPS) is 40.5. The summed E-state index contributed by atoms with van der Waals surface area (Å²) < 4.78 is 0. The molecule has 62 valence electrons. The van der Waals surface area contributed by atoms with Crippen LogP contribution in [0.4, 0.5) is 4.79 Å². The van der Waals surface area contributed by atoms with Crippen LogP contribution in [0.2, 0.25) is 0 Å². The lowest BCUT2D eigenvalue weighted by atomic mass is 10.3. The molecule has 0 bridgehead atoms. The first-order valence-electron chi connectivity index (χ1n) is 3.82. The molecule has 3 atom stereocenters. The van der Waals surface area contributed by atoms with Gasteiger partial charge in [-0.1, -0.05) is 0 Å². The summed E-state index contributed by atoms with van der Waals surface area (Å²) in [4.78, 5) is 11.9. The smallest absolute Gasteiger partial charge is 0.407 e. The Balaban J connectivity index is 1.89. The fraction of sp³-hybridized carbons (Fsp3) is 0.857. The predicted octanol–water partition coefficient (Wildman–Crippen LogP) is -0.165. The van der Waals surface area contributed by atoms with Gasteiger partial charge in [-0.15, -0.1) is 0 Å². The third-order valence-electron chi connectivity index (χ3n) is 2.85. The van der Waals surface area contributed by atoms with Gasteiger partial charge in [0.1, 0.15) is 0 Å². The molecule has 0 aromatic heterocycles. The number of piperidine rings is 1. The molecule has 11 heavy (non-hydrogen) atoms. The highest BCUT2D eigenvalue weighted by Crippen LogP contribution is 2.51. The van der Waals surface area contributed by atoms with E-state index in [1.807, 2.05) is 0 Å². The number of likely N-dealkylation sites (tertiary alicyclic amines) is 1. The van der Waals surface area contributed by atoms with Crippen LogP contribution in [-0.4, -0.2) is 40.9 Å². The standard InChI is InChI=1S/C7H11NO3/c9-3-6-4-1-8(7(10)11)2-5(4)6/h4-6,9H,1-3H2,(H,10,11)/t4-,5+,6+. The van der Waals surface area contributed by atoms with E-state index in [2.05, 4.69) is 0 Å². The van der Waals surface area contributed by atoms with Gasteiger partial charge in [0, 0.05) is 19.7 Å². The minimum absolute atomic E-state index is 0.225. The molecule has 4 heteroatoms. The number of nitrogens with zero attached hydrogens (tertiary/aromatic N) is 1. The zero-order chi connectivity index (χ0) is 8.01. The van der Waals surface area contributed by atoms with Gasteiger partial charge in [0.25, 0.3) is 0 Å². The van der Waals surface area contributed by atoms with E-state index in [1.165, 1.54) is 4.90 Å². The molecule has 0 aromatic carbocycles.